The molecule has 0 radical (unpaired) electrons. The van der Waals surface area contributed by atoms with Crippen LogP contribution in [0.5, 0.6) is 11.5 Å². The molecule has 0 bridgehead atoms. The standard InChI is InChI=1S/C16H23NO2/c1-11-7-15-16(8-12(11)2)19-14(10-18-15)9-17-13-5-3-4-6-13/h7-8,13-14,17H,3-6,9-10H2,1-2H3. The summed E-state index contributed by atoms with van der Waals surface area (Å²) in [5, 5.41) is 3.60. The minimum absolute atomic E-state index is 0.134. The molecule has 0 amide bonds. The molecule has 2 aliphatic rings. The number of fused-ring (bicyclic) bond motifs is 1. The van der Waals surface area contributed by atoms with Gasteiger partial charge in [0.15, 0.2) is 11.5 Å². The average molecular weight is 261 g/mol. The molecule has 0 saturated heterocycles. The first-order valence-electron chi connectivity index (χ1n) is 7.36. The van der Waals surface area contributed by atoms with E-state index in [1.54, 1.807) is 0 Å². The topological polar surface area (TPSA) is 30.5 Å². The van der Waals surface area contributed by atoms with E-state index in [0.717, 1.165) is 18.0 Å². The van der Waals surface area contributed by atoms with E-state index < -0.39 is 0 Å². The monoisotopic (exact) mass is 261 g/mol. The molecular weight excluding hydrogens is 238 g/mol. The highest BCUT2D eigenvalue weighted by molar-refractivity contribution is 5.47. The Hall–Kier alpha value is -1.22. The fourth-order valence-electron chi connectivity index (χ4n) is 2.89. The van der Waals surface area contributed by atoms with Crippen LogP contribution in [-0.4, -0.2) is 25.3 Å². The van der Waals surface area contributed by atoms with Crippen molar-refractivity contribution < 1.29 is 9.47 Å². The summed E-state index contributed by atoms with van der Waals surface area (Å²) in [6.45, 7) is 5.75. The number of benzene rings is 1. The second-order valence-corrected chi connectivity index (χ2v) is 5.82. The second-order valence-electron chi connectivity index (χ2n) is 5.82. The van der Waals surface area contributed by atoms with Gasteiger partial charge in [0.25, 0.3) is 0 Å². The van der Waals surface area contributed by atoms with Gasteiger partial charge in [-0.2, -0.15) is 0 Å². The largest absolute Gasteiger partial charge is 0.486 e. The normalized spacial score (nSPS) is 22.7. The third-order valence-corrected chi connectivity index (χ3v) is 4.27. The number of rotatable bonds is 3. The SMILES string of the molecule is Cc1cc2c(cc1C)OC(CNC1CCCC1)CO2. The van der Waals surface area contributed by atoms with Gasteiger partial charge in [-0.25, -0.2) is 0 Å². The second kappa shape index (κ2) is 5.41. The molecule has 3 heteroatoms. The molecule has 1 fully saturated rings. The Morgan fingerprint density at radius 2 is 1.79 bits per heavy atom. The summed E-state index contributed by atoms with van der Waals surface area (Å²) < 4.78 is 11.9. The Kier molecular flexibility index (Phi) is 3.65. The van der Waals surface area contributed by atoms with E-state index >= 15 is 0 Å². The Morgan fingerprint density at radius 3 is 2.53 bits per heavy atom. The molecule has 1 atom stereocenters. The lowest BCUT2D eigenvalue weighted by atomic mass is 10.1. The molecule has 1 heterocycles. The maximum absolute atomic E-state index is 6.04. The van der Waals surface area contributed by atoms with E-state index in [1.165, 1.54) is 36.8 Å². The molecule has 19 heavy (non-hydrogen) atoms. The quantitative estimate of drug-likeness (QED) is 0.907. The van der Waals surface area contributed by atoms with Gasteiger partial charge in [0.1, 0.15) is 12.7 Å². The smallest absolute Gasteiger partial charge is 0.162 e. The van der Waals surface area contributed by atoms with Gasteiger partial charge in [-0.15, -0.1) is 0 Å². The molecule has 0 aromatic heterocycles. The third-order valence-electron chi connectivity index (χ3n) is 4.27. The third kappa shape index (κ3) is 2.86. The Balaban J connectivity index is 1.60. The van der Waals surface area contributed by atoms with Crippen molar-refractivity contribution in [3.63, 3.8) is 0 Å². The van der Waals surface area contributed by atoms with Gasteiger partial charge < -0.3 is 14.8 Å². The van der Waals surface area contributed by atoms with Crippen molar-refractivity contribution in [1.29, 1.82) is 0 Å². The van der Waals surface area contributed by atoms with Crippen LogP contribution in [0.15, 0.2) is 12.1 Å². The van der Waals surface area contributed by atoms with Crippen molar-refractivity contribution in [1.82, 2.24) is 5.32 Å². The molecule has 1 aliphatic heterocycles. The number of hydrogen-bond donors (Lipinski definition) is 1. The van der Waals surface area contributed by atoms with Crippen LogP contribution in [0, 0.1) is 13.8 Å². The van der Waals surface area contributed by atoms with Gasteiger partial charge in [-0.1, -0.05) is 12.8 Å². The Labute approximate surface area is 115 Å². The molecule has 104 valence electrons. The highest BCUT2D eigenvalue weighted by atomic mass is 16.6. The van der Waals surface area contributed by atoms with Crippen LogP contribution < -0.4 is 14.8 Å². The van der Waals surface area contributed by atoms with Gasteiger partial charge >= 0.3 is 0 Å². The lowest BCUT2D eigenvalue weighted by Crippen LogP contribution is -2.41. The highest BCUT2D eigenvalue weighted by Gasteiger charge is 2.23. The predicted molar refractivity (Wildman–Crippen MR) is 76.1 cm³/mol. The minimum atomic E-state index is 0.134. The Bertz CT molecular complexity index is 452. The summed E-state index contributed by atoms with van der Waals surface area (Å²) in [7, 11) is 0. The van der Waals surface area contributed by atoms with Gasteiger partial charge in [-0.05, 0) is 49.9 Å². The molecule has 1 unspecified atom stereocenters. The van der Waals surface area contributed by atoms with Gasteiger partial charge in [0, 0.05) is 12.6 Å². The first kappa shape index (κ1) is 12.8. The van der Waals surface area contributed by atoms with Crippen molar-refractivity contribution in [2.24, 2.45) is 0 Å². The van der Waals surface area contributed by atoms with Crippen LogP contribution in [0.25, 0.3) is 0 Å². The van der Waals surface area contributed by atoms with Crippen molar-refractivity contribution in [2.75, 3.05) is 13.2 Å². The molecule has 1 aromatic rings. The van der Waals surface area contributed by atoms with Crippen LogP contribution in [0.2, 0.25) is 0 Å². The van der Waals surface area contributed by atoms with Crippen LogP contribution in [0.1, 0.15) is 36.8 Å². The zero-order chi connectivity index (χ0) is 13.2. The van der Waals surface area contributed by atoms with Gasteiger partial charge in [-0.3, -0.25) is 0 Å². The van der Waals surface area contributed by atoms with Crippen molar-refractivity contribution >= 4 is 0 Å². The van der Waals surface area contributed by atoms with Crippen molar-refractivity contribution in [3.8, 4) is 11.5 Å². The van der Waals surface area contributed by atoms with Crippen LogP contribution >= 0.6 is 0 Å². The minimum Gasteiger partial charge on any atom is -0.486 e. The van der Waals surface area contributed by atoms with Crippen LogP contribution in [0.4, 0.5) is 0 Å². The first-order valence-corrected chi connectivity index (χ1v) is 7.36. The number of ether oxygens (including phenoxy) is 2. The molecule has 3 rings (SSSR count). The first-order chi connectivity index (χ1) is 9.22. The van der Waals surface area contributed by atoms with Crippen LogP contribution in [-0.2, 0) is 0 Å². The van der Waals surface area contributed by atoms with Crippen LogP contribution in [0.3, 0.4) is 0 Å². The fraction of sp³-hybridized carbons (Fsp3) is 0.625. The van der Waals surface area contributed by atoms with E-state index in [1.807, 2.05) is 0 Å². The van der Waals surface area contributed by atoms with Gasteiger partial charge in [0.2, 0.25) is 0 Å². The molecule has 0 spiro atoms. The molecule has 1 N–H and O–H groups in total. The summed E-state index contributed by atoms with van der Waals surface area (Å²) in [6, 6.07) is 4.85. The zero-order valence-corrected chi connectivity index (χ0v) is 11.9. The zero-order valence-electron chi connectivity index (χ0n) is 11.9. The summed E-state index contributed by atoms with van der Waals surface area (Å²) in [6.07, 6.45) is 5.47. The van der Waals surface area contributed by atoms with Gasteiger partial charge in [0.05, 0.1) is 0 Å². The summed E-state index contributed by atoms with van der Waals surface area (Å²) in [4.78, 5) is 0. The maximum Gasteiger partial charge on any atom is 0.162 e. The van der Waals surface area contributed by atoms with E-state index in [-0.39, 0.29) is 6.10 Å². The highest BCUT2D eigenvalue weighted by Crippen LogP contribution is 2.34. The molecule has 1 aliphatic carbocycles. The fourth-order valence-corrected chi connectivity index (χ4v) is 2.89. The number of hydrogen-bond acceptors (Lipinski definition) is 3. The van der Waals surface area contributed by atoms with E-state index in [0.29, 0.717) is 12.6 Å². The van der Waals surface area contributed by atoms with E-state index in [4.69, 9.17) is 9.47 Å². The van der Waals surface area contributed by atoms with E-state index in [9.17, 15) is 0 Å². The van der Waals surface area contributed by atoms with Crippen molar-refractivity contribution in [2.45, 2.75) is 51.7 Å². The van der Waals surface area contributed by atoms with E-state index in [2.05, 4.69) is 31.3 Å². The molecule has 1 aromatic carbocycles. The number of aryl methyl sites for hydroxylation is 2. The summed E-state index contributed by atoms with van der Waals surface area (Å²) in [5.41, 5.74) is 2.51. The molecule has 3 nitrogen and oxygen atoms in total. The van der Waals surface area contributed by atoms with Crippen molar-refractivity contribution in [3.05, 3.63) is 23.3 Å². The number of nitrogens with one attached hydrogen (secondary N) is 1. The molecular formula is C16H23NO2. The maximum atomic E-state index is 6.04. The predicted octanol–water partition coefficient (Wildman–Crippen LogP) is 2.98. The lowest BCUT2D eigenvalue weighted by Gasteiger charge is -2.28. The average Bonchev–Trinajstić information content (AvgIpc) is 2.91. The lowest BCUT2D eigenvalue weighted by molar-refractivity contribution is 0.0881. The summed E-state index contributed by atoms with van der Waals surface area (Å²) >= 11 is 0. The Morgan fingerprint density at radius 1 is 1.11 bits per heavy atom. The molecule has 1 saturated carbocycles. The summed E-state index contributed by atoms with van der Waals surface area (Å²) in [5.74, 6) is 1.78.